The molecule has 0 saturated heterocycles. The Morgan fingerprint density at radius 3 is 2.33 bits per heavy atom. The molecule has 0 aliphatic rings. The van der Waals surface area contributed by atoms with Crippen LogP contribution in [0.4, 0.5) is 0 Å². The van der Waals surface area contributed by atoms with Crippen molar-refractivity contribution in [2.24, 2.45) is 0 Å². The van der Waals surface area contributed by atoms with Crippen molar-refractivity contribution in [3.05, 3.63) is 46.8 Å². The van der Waals surface area contributed by atoms with Crippen molar-refractivity contribution >= 4 is 0 Å². The monoisotopic (exact) mass is 287 g/mol. The summed E-state index contributed by atoms with van der Waals surface area (Å²) in [5, 5.41) is 17.5. The maximum Gasteiger partial charge on any atom is 0.115 e. The summed E-state index contributed by atoms with van der Waals surface area (Å²) >= 11 is 0. The van der Waals surface area contributed by atoms with Gasteiger partial charge in [0.15, 0.2) is 0 Å². The van der Waals surface area contributed by atoms with Crippen molar-refractivity contribution in [1.29, 1.82) is 0 Å². The van der Waals surface area contributed by atoms with Gasteiger partial charge in [-0.3, -0.25) is 4.68 Å². The number of rotatable bonds is 4. The fourth-order valence-electron chi connectivity index (χ4n) is 2.27. The van der Waals surface area contributed by atoms with E-state index >= 15 is 0 Å². The fraction of sp³-hybridized carbons (Fsp3) is 0.471. The summed E-state index contributed by atoms with van der Waals surface area (Å²) in [5.41, 5.74) is 4.76. The maximum absolute atomic E-state index is 9.34. The van der Waals surface area contributed by atoms with Gasteiger partial charge in [0.2, 0.25) is 0 Å². The Labute approximate surface area is 126 Å². The van der Waals surface area contributed by atoms with E-state index in [4.69, 9.17) is 0 Å². The summed E-state index contributed by atoms with van der Waals surface area (Å²) in [7, 11) is 0. The van der Waals surface area contributed by atoms with Gasteiger partial charge in [-0.2, -0.15) is 5.10 Å². The molecule has 21 heavy (non-hydrogen) atoms. The molecular formula is C17H25N3O. The van der Waals surface area contributed by atoms with Gasteiger partial charge in [0.05, 0.1) is 12.2 Å². The van der Waals surface area contributed by atoms with Gasteiger partial charge in [0.1, 0.15) is 5.75 Å². The van der Waals surface area contributed by atoms with Crippen LogP contribution in [0, 0.1) is 13.8 Å². The Morgan fingerprint density at radius 1 is 1.14 bits per heavy atom. The summed E-state index contributed by atoms with van der Waals surface area (Å²) in [6.45, 7) is 12.2. The van der Waals surface area contributed by atoms with Gasteiger partial charge in [0.25, 0.3) is 0 Å². The molecule has 114 valence electrons. The molecule has 0 aliphatic heterocycles. The highest BCUT2D eigenvalue weighted by atomic mass is 16.3. The van der Waals surface area contributed by atoms with Crippen LogP contribution < -0.4 is 5.32 Å². The Hall–Kier alpha value is -1.81. The predicted molar refractivity (Wildman–Crippen MR) is 85.5 cm³/mol. The van der Waals surface area contributed by atoms with Crippen molar-refractivity contribution in [1.82, 2.24) is 15.1 Å². The molecule has 0 saturated carbocycles. The van der Waals surface area contributed by atoms with E-state index in [-0.39, 0.29) is 5.54 Å². The summed E-state index contributed by atoms with van der Waals surface area (Å²) in [6.07, 6.45) is 0. The molecule has 4 nitrogen and oxygen atoms in total. The number of hydrogen-bond acceptors (Lipinski definition) is 3. The van der Waals surface area contributed by atoms with E-state index in [0.29, 0.717) is 5.75 Å². The average Bonchev–Trinajstić information content (AvgIpc) is 2.64. The molecule has 0 atom stereocenters. The van der Waals surface area contributed by atoms with E-state index in [1.807, 2.05) is 16.8 Å². The van der Waals surface area contributed by atoms with Crippen molar-refractivity contribution < 1.29 is 5.11 Å². The molecule has 1 heterocycles. The van der Waals surface area contributed by atoms with Crippen LogP contribution in [0.2, 0.25) is 0 Å². The summed E-state index contributed by atoms with van der Waals surface area (Å²) < 4.78 is 2.03. The van der Waals surface area contributed by atoms with Crippen LogP contribution in [0.25, 0.3) is 0 Å². The average molecular weight is 287 g/mol. The highest BCUT2D eigenvalue weighted by molar-refractivity contribution is 5.28. The number of hydrogen-bond donors (Lipinski definition) is 2. The zero-order valence-corrected chi connectivity index (χ0v) is 13.6. The van der Waals surface area contributed by atoms with Gasteiger partial charge in [-0.15, -0.1) is 0 Å². The first-order chi connectivity index (χ1) is 9.76. The van der Waals surface area contributed by atoms with E-state index in [0.717, 1.165) is 24.3 Å². The van der Waals surface area contributed by atoms with Crippen molar-refractivity contribution in [2.45, 2.75) is 53.2 Å². The number of nitrogens with zero attached hydrogens (tertiary/aromatic N) is 2. The molecule has 0 spiro atoms. The lowest BCUT2D eigenvalue weighted by molar-refractivity contribution is 0.423. The second-order valence-corrected chi connectivity index (χ2v) is 6.58. The summed E-state index contributed by atoms with van der Waals surface area (Å²) in [5.74, 6) is 0.294. The lowest BCUT2D eigenvalue weighted by Gasteiger charge is -2.20. The van der Waals surface area contributed by atoms with E-state index in [9.17, 15) is 5.11 Å². The van der Waals surface area contributed by atoms with Gasteiger partial charge >= 0.3 is 0 Å². The van der Waals surface area contributed by atoms with Crippen LogP contribution in [-0.2, 0) is 13.1 Å². The Kier molecular flexibility index (Phi) is 4.37. The van der Waals surface area contributed by atoms with Crippen LogP contribution >= 0.6 is 0 Å². The van der Waals surface area contributed by atoms with Gasteiger partial charge in [-0.25, -0.2) is 0 Å². The second kappa shape index (κ2) is 5.90. The topological polar surface area (TPSA) is 50.1 Å². The number of aryl methyl sites for hydroxylation is 1. The van der Waals surface area contributed by atoms with Crippen molar-refractivity contribution in [2.75, 3.05) is 0 Å². The van der Waals surface area contributed by atoms with E-state index in [2.05, 4.69) is 45.0 Å². The van der Waals surface area contributed by atoms with E-state index < -0.39 is 0 Å². The maximum atomic E-state index is 9.34. The molecule has 4 heteroatoms. The number of phenolic OH excluding ortho intramolecular Hbond substituents is 1. The van der Waals surface area contributed by atoms with Crippen molar-refractivity contribution in [3.8, 4) is 5.75 Å². The molecule has 0 fully saturated rings. The molecule has 1 aromatic carbocycles. The standard InChI is InChI=1S/C17H25N3O/c1-12-16(10-18-17(3,4)5)13(2)20(19-12)11-14-6-8-15(21)9-7-14/h6-9,18,21H,10-11H2,1-5H3. The first kappa shape index (κ1) is 15.6. The molecule has 0 aliphatic carbocycles. The third kappa shape index (κ3) is 4.08. The zero-order chi connectivity index (χ0) is 15.6. The Balaban J connectivity index is 2.16. The van der Waals surface area contributed by atoms with Gasteiger partial charge < -0.3 is 10.4 Å². The minimum Gasteiger partial charge on any atom is -0.508 e. The first-order valence-corrected chi connectivity index (χ1v) is 7.32. The summed E-state index contributed by atoms with van der Waals surface area (Å²) in [6, 6.07) is 7.28. The highest BCUT2D eigenvalue weighted by Gasteiger charge is 2.15. The van der Waals surface area contributed by atoms with E-state index in [1.165, 1.54) is 11.3 Å². The van der Waals surface area contributed by atoms with Crippen LogP contribution in [0.5, 0.6) is 5.75 Å². The second-order valence-electron chi connectivity index (χ2n) is 6.58. The highest BCUT2D eigenvalue weighted by Crippen LogP contribution is 2.17. The third-order valence-corrected chi connectivity index (χ3v) is 3.60. The van der Waals surface area contributed by atoms with Crippen molar-refractivity contribution in [3.63, 3.8) is 0 Å². The molecule has 0 bridgehead atoms. The largest absolute Gasteiger partial charge is 0.508 e. The van der Waals surface area contributed by atoms with Gasteiger partial charge in [0, 0.05) is 23.3 Å². The smallest absolute Gasteiger partial charge is 0.115 e. The van der Waals surface area contributed by atoms with Gasteiger partial charge in [-0.1, -0.05) is 12.1 Å². The number of nitrogens with one attached hydrogen (secondary N) is 1. The minimum atomic E-state index is 0.0952. The lowest BCUT2D eigenvalue weighted by Crippen LogP contribution is -2.35. The molecule has 2 N–H and O–H groups in total. The normalized spacial score (nSPS) is 11.9. The molecule has 2 rings (SSSR count). The van der Waals surface area contributed by atoms with Crippen LogP contribution in [0.3, 0.4) is 0 Å². The molecule has 2 aromatic rings. The van der Waals surface area contributed by atoms with Crippen LogP contribution in [-0.4, -0.2) is 20.4 Å². The molecule has 0 unspecified atom stereocenters. The Morgan fingerprint density at radius 2 is 1.76 bits per heavy atom. The molecule has 0 radical (unpaired) electrons. The van der Waals surface area contributed by atoms with Gasteiger partial charge in [-0.05, 0) is 52.3 Å². The molecular weight excluding hydrogens is 262 g/mol. The third-order valence-electron chi connectivity index (χ3n) is 3.60. The minimum absolute atomic E-state index is 0.0952. The molecule has 0 amide bonds. The Bertz CT molecular complexity index is 606. The van der Waals surface area contributed by atoms with E-state index in [1.54, 1.807) is 12.1 Å². The SMILES string of the molecule is Cc1nn(Cc2ccc(O)cc2)c(C)c1CNC(C)(C)C. The quantitative estimate of drug-likeness (QED) is 0.908. The lowest BCUT2D eigenvalue weighted by atomic mass is 10.1. The number of aromatic nitrogens is 2. The van der Waals surface area contributed by atoms with Crippen LogP contribution in [0.15, 0.2) is 24.3 Å². The van der Waals surface area contributed by atoms with Crippen LogP contribution in [0.1, 0.15) is 43.3 Å². The first-order valence-electron chi connectivity index (χ1n) is 7.32. The zero-order valence-electron chi connectivity index (χ0n) is 13.6. The number of aromatic hydroxyl groups is 1. The number of phenols is 1. The predicted octanol–water partition coefficient (Wildman–Crippen LogP) is 3.14. The fourth-order valence-corrected chi connectivity index (χ4v) is 2.27. The summed E-state index contributed by atoms with van der Waals surface area (Å²) in [4.78, 5) is 0. The number of benzene rings is 1. The molecule has 1 aromatic heterocycles.